The summed E-state index contributed by atoms with van der Waals surface area (Å²) in [5.41, 5.74) is 2.35. The fraction of sp³-hybridized carbons (Fsp3) is 0.353. The molecule has 0 aliphatic carbocycles. The van der Waals surface area contributed by atoms with Gasteiger partial charge in [-0.15, -0.1) is 0 Å². The molecule has 0 N–H and O–H groups in total. The highest BCUT2D eigenvalue weighted by Crippen LogP contribution is 2.33. The van der Waals surface area contributed by atoms with E-state index in [4.69, 9.17) is 9.47 Å². The Morgan fingerprint density at radius 3 is 2.36 bits per heavy atom. The Morgan fingerprint density at radius 1 is 1.09 bits per heavy atom. The maximum absolute atomic E-state index is 12.4. The molecule has 3 rings (SSSR count). The minimum absolute atomic E-state index is 0.136. The van der Waals surface area contributed by atoms with Crippen molar-refractivity contribution in [2.45, 2.75) is 19.5 Å². The van der Waals surface area contributed by atoms with E-state index in [2.05, 4.69) is 0 Å². The zero-order valence-corrected chi connectivity index (χ0v) is 12.9. The molecule has 0 radical (unpaired) electrons. The van der Waals surface area contributed by atoms with Gasteiger partial charge in [0.05, 0.1) is 14.2 Å². The second kappa shape index (κ2) is 6.13. The van der Waals surface area contributed by atoms with Crippen LogP contribution in [0.2, 0.25) is 0 Å². The van der Waals surface area contributed by atoms with Crippen molar-refractivity contribution in [2.75, 3.05) is 20.8 Å². The van der Waals surface area contributed by atoms with Gasteiger partial charge in [0, 0.05) is 25.5 Å². The molecule has 0 atom stereocenters. The molecule has 1 amide bonds. The molecule has 1 aromatic heterocycles. The molecule has 5 heteroatoms. The van der Waals surface area contributed by atoms with Crippen LogP contribution in [0.4, 0.5) is 0 Å². The average molecular weight is 300 g/mol. The molecule has 0 saturated heterocycles. The molecule has 22 heavy (non-hydrogen) atoms. The number of methoxy groups -OCH3 is 2. The number of nitrogens with zero attached hydrogens (tertiary/aromatic N) is 2. The number of benzene rings is 1. The molecule has 0 unspecified atom stereocenters. The third-order valence-corrected chi connectivity index (χ3v) is 4.05. The third-order valence-electron chi connectivity index (χ3n) is 4.05. The van der Waals surface area contributed by atoms with Gasteiger partial charge in [-0.3, -0.25) is 4.79 Å². The Hall–Kier alpha value is -2.43. The summed E-state index contributed by atoms with van der Waals surface area (Å²) in [4.78, 5) is 14.3. The van der Waals surface area contributed by atoms with Crippen molar-refractivity contribution in [2.24, 2.45) is 0 Å². The lowest BCUT2D eigenvalue weighted by Crippen LogP contribution is -2.37. The molecule has 1 aliphatic rings. The van der Waals surface area contributed by atoms with Crippen LogP contribution in [-0.4, -0.2) is 36.1 Å². The maximum atomic E-state index is 12.4. The first kappa shape index (κ1) is 14.5. The lowest BCUT2D eigenvalue weighted by molar-refractivity contribution is -0.132. The number of carbonyl (C=O) groups excluding carboxylic acids is 1. The van der Waals surface area contributed by atoms with Crippen molar-refractivity contribution in [3.8, 4) is 11.5 Å². The van der Waals surface area contributed by atoms with Gasteiger partial charge >= 0.3 is 0 Å². The van der Waals surface area contributed by atoms with E-state index in [0.717, 1.165) is 24.3 Å². The van der Waals surface area contributed by atoms with Crippen molar-refractivity contribution < 1.29 is 14.3 Å². The summed E-state index contributed by atoms with van der Waals surface area (Å²) < 4.78 is 12.6. The van der Waals surface area contributed by atoms with Gasteiger partial charge in [0.15, 0.2) is 11.5 Å². The van der Waals surface area contributed by atoms with Gasteiger partial charge < -0.3 is 18.9 Å². The highest BCUT2D eigenvalue weighted by atomic mass is 16.5. The maximum Gasteiger partial charge on any atom is 0.242 e. The van der Waals surface area contributed by atoms with Crippen molar-refractivity contribution >= 4 is 5.91 Å². The van der Waals surface area contributed by atoms with Crippen molar-refractivity contribution in [3.63, 3.8) is 0 Å². The predicted octanol–water partition coefficient (Wildman–Crippen LogP) is 2.09. The monoisotopic (exact) mass is 300 g/mol. The van der Waals surface area contributed by atoms with Crippen LogP contribution in [0, 0.1) is 0 Å². The Morgan fingerprint density at radius 2 is 1.73 bits per heavy atom. The first-order chi connectivity index (χ1) is 10.7. The summed E-state index contributed by atoms with van der Waals surface area (Å²) in [5, 5.41) is 0. The van der Waals surface area contributed by atoms with Crippen molar-refractivity contribution in [1.82, 2.24) is 9.47 Å². The number of fused-ring (bicyclic) bond motifs is 1. The van der Waals surface area contributed by atoms with Gasteiger partial charge in [-0.05, 0) is 41.8 Å². The molecule has 0 fully saturated rings. The Bertz CT molecular complexity index is 665. The Kier molecular flexibility index (Phi) is 4.04. The van der Waals surface area contributed by atoms with E-state index in [0.29, 0.717) is 18.8 Å². The molecule has 1 aromatic carbocycles. The van der Waals surface area contributed by atoms with Crippen LogP contribution < -0.4 is 9.47 Å². The van der Waals surface area contributed by atoms with E-state index in [-0.39, 0.29) is 5.91 Å². The lowest BCUT2D eigenvalue weighted by atomic mass is 9.98. The largest absolute Gasteiger partial charge is 0.493 e. The summed E-state index contributed by atoms with van der Waals surface area (Å²) in [7, 11) is 3.27. The van der Waals surface area contributed by atoms with Gasteiger partial charge in [-0.25, -0.2) is 0 Å². The molecular formula is C17H20N2O3. The summed E-state index contributed by atoms with van der Waals surface area (Å²) in [6, 6.07) is 7.84. The molecule has 0 bridgehead atoms. The van der Waals surface area contributed by atoms with E-state index in [1.807, 2.05) is 46.1 Å². The van der Waals surface area contributed by atoms with E-state index >= 15 is 0 Å². The second-order valence-corrected chi connectivity index (χ2v) is 5.40. The molecule has 0 spiro atoms. The van der Waals surface area contributed by atoms with Crippen molar-refractivity contribution in [3.05, 3.63) is 47.8 Å². The topological polar surface area (TPSA) is 43.7 Å². The standard InChI is InChI=1S/C17H20N2O3/c1-21-15-9-13-5-8-19(11-14(13)10-16(15)22-2)17(20)12-18-6-3-4-7-18/h3-4,6-7,9-10H,5,8,11-12H2,1-2H3. The first-order valence-corrected chi connectivity index (χ1v) is 7.33. The molecule has 1 aliphatic heterocycles. The molecule has 5 nitrogen and oxygen atoms in total. The van der Waals surface area contributed by atoms with E-state index in [9.17, 15) is 4.79 Å². The van der Waals surface area contributed by atoms with Gasteiger partial charge in [0.2, 0.25) is 5.91 Å². The molecule has 2 aromatic rings. The Labute approximate surface area is 130 Å². The summed E-state index contributed by atoms with van der Waals surface area (Å²) in [6.07, 6.45) is 4.65. The number of ether oxygens (including phenoxy) is 2. The van der Waals surface area contributed by atoms with Crippen LogP contribution in [0.25, 0.3) is 0 Å². The van der Waals surface area contributed by atoms with Crippen LogP contribution in [0.5, 0.6) is 11.5 Å². The molecule has 0 saturated carbocycles. The molecule has 2 heterocycles. The van der Waals surface area contributed by atoms with Gasteiger partial charge in [0.25, 0.3) is 0 Å². The van der Waals surface area contributed by atoms with Gasteiger partial charge in [-0.1, -0.05) is 0 Å². The van der Waals surface area contributed by atoms with E-state index in [1.165, 1.54) is 5.56 Å². The van der Waals surface area contributed by atoms with Crippen LogP contribution in [0.3, 0.4) is 0 Å². The number of rotatable bonds is 4. The number of hydrogen-bond acceptors (Lipinski definition) is 3. The first-order valence-electron chi connectivity index (χ1n) is 7.33. The highest BCUT2D eigenvalue weighted by Gasteiger charge is 2.22. The van der Waals surface area contributed by atoms with E-state index < -0.39 is 0 Å². The average Bonchev–Trinajstić information content (AvgIpc) is 3.05. The van der Waals surface area contributed by atoms with Crippen LogP contribution in [0.15, 0.2) is 36.7 Å². The fourth-order valence-electron chi connectivity index (χ4n) is 2.83. The zero-order chi connectivity index (χ0) is 15.5. The van der Waals surface area contributed by atoms with Crippen LogP contribution in [-0.2, 0) is 24.3 Å². The fourth-order valence-corrected chi connectivity index (χ4v) is 2.83. The van der Waals surface area contributed by atoms with Gasteiger partial charge in [-0.2, -0.15) is 0 Å². The number of aromatic nitrogens is 1. The van der Waals surface area contributed by atoms with Crippen molar-refractivity contribution in [1.29, 1.82) is 0 Å². The number of hydrogen-bond donors (Lipinski definition) is 0. The predicted molar refractivity (Wildman–Crippen MR) is 83.1 cm³/mol. The summed E-state index contributed by atoms with van der Waals surface area (Å²) in [5.74, 6) is 1.59. The summed E-state index contributed by atoms with van der Waals surface area (Å²) >= 11 is 0. The molecule has 116 valence electrons. The minimum atomic E-state index is 0.136. The normalized spacial score (nSPS) is 13.6. The summed E-state index contributed by atoms with van der Waals surface area (Å²) in [6.45, 7) is 1.74. The number of carbonyl (C=O) groups is 1. The highest BCUT2D eigenvalue weighted by molar-refractivity contribution is 5.76. The third kappa shape index (κ3) is 2.79. The second-order valence-electron chi connectivity index (χ2n) is 5.40. The van der Waals surface area contributed by atoms with Crippen LogP contribution >= 0.6 is 0 Å². The van der Waals surface area contributed by atoms with Gasteiger partial charge in [0.1, 0.15) is 6.54 Å². The Balaban J connectivity index is 1.76. The lowest BCUT2D eigenvalue weighted by Gasteiger charge is -2.29. The number of amides is 1. The van der Waals surface area contributed by atoms with Crippen LogP contribution in [0.1, 0.15) is 11.1 Å². The SMILES string of the molecule is COc1cc2c(cc1OC)CN(C(=O)Cn1cccc1)CC2. The minimum Gasteiger partial charge on any atom is -0.493 e. The molecular weight excluding hydrogens is 280 g/mol. The van der Waals surface area contributed by atoms with E-state index in [1.54, 1.807) is 14.2 Å². The smallest absolute Gasteiger partial charge is 0.242 e. The zero-order valence-electron chi connectivity index (χ0n) is 12.9. The quantitative estimate of drug-likeness (QED) is 0.868.